The van der Waals surface area contributed by atoms with E-state index in [1.807, 2.05) is 24.3 Å². The fourth-order valence-corrected chi connectivity index (χ4v) is 5.59. The van der Waals surface area contributed by atoms with Crippen LogP contribution in [0.1, 0.15) is 29.3 Å². The van der Waals surface area contributed by atoms with Crippen molar-refractivity contribution in [3.8, 4) is 0 Å². The third-order valence-electron chi connectivity index (χ3n) is 5.20. The quantitative estimate of drug-likeness (QED) is 0.567. The first-order valence-corrected chi connectivity index (χ1v) is 11.8. The summed E-state index contributed by atoms with van der Waals surface area (Å²) in [5.74, 6) is 0.413. The van der Waals surface area contributed by atoms with E-state index in [0.717, 1.165) is 15.6 Å². The first-order chi connectivity index (χ1) is 14.4. The molecule has 30 heavy (non-hydrogen) atoms. The van der Waals surface area contributed by atoms with E-state index >= 15 is 0 Å². The van der Waals surface area contributed by atoms with E-state index in [0.29, 0.717) is 18.7 Å². The number of rotatable bonds is 6. The fraction of sp³-hybridized carbons (Fsp3) is 0.227. The summed E-state index contributed by atoms with van der Waals surface area (Å²) in [7, 11) is -3.76. The van der Waals surface area contributed by atoms with Crippen molar-refractivity contribution in [2.24, 2.45) is 0 Å². The van der Waals surface area contributed by atoms with Crippen molar-refractivity contribution in [2.45, 2.75) is 30.3 Å². The molecule has 0 fully saturated rings. The second kappa shape index (κ2) is 8.75. The number of benzene rings is 2. The van der Waals surface area contributed by atoms with Crippen molar-refractivity contribution in [1.82, 2.24) is 9.62 Å². The predicted octanol–water partition coefficient (Wildman–Crippen LogP) is 4.04. The lowest BCUT2D eigenvalue weighted by molar-refractivity contribution is -0.122. The van der Waals surface area contributed by atoms with Crippen molar-refractivity contribution in [2.75, 3.05) is 6.54 Å². The Labute approximate surface area is 184 Å². The summed E-state index contributed by atoms with van der Waals surface area (Å²) in [5.41, 5.74) is 1.95. The maximum atomic E-state index is 13.4. The van der Waals surface area contributed by atoms with E-state index in [1.54, 1.807) is 42.7 Å². The van der Waals surface area contributed by atoms with Crippen molar-refractivity contribution in [3.63, 3.8) is 0 Å². The molecule has 1 atom stereocenters. The van der Waals surface area contributed by atoms with E-state index in [9.17, 15) is 13.2 Å². The first-order valence-electron chi connectivity index (χ1n) is 9.59. The Bertz CT molecular complexity index is 1130. The molecule has 0 saturated heterocycles. The van der Waals surface area contributed by atoms with Gasteiger partial charge in [-0.15, -0.1) is 0 Å². The van der Waals surface area contributed by atoms with Crippen LogP contribution in [0.4, 0.5) is 0 Å². The molecule has 1 aromatic heterocycles. The lowest BCUT2D eigenvalue weighted by Gasteiger charge is -2.36. The fourth-order valence-electron chi connectivity index (χ4n) is 3.72. The van der Waals surface area contributed by atoms with Crippen LogP contribution >= 0.6 is 15.9 Å². The molecular weight excluding hydrogens is 468 g/mol. The van der Waals surface area contributed by atoms with Crippen molar-refractivity contribution >= 4 is 31.9 Å². The molecule has 3 aromatic rings. The third-order valence-corrected chi connectivity index (χ3v) is 7.65. The number of halogens is 1. The normalized spacial score (nSPS) is 16.8. The van der Waals surface area contributed by atoms with E-state index < -0.39 is 16.1 Å². The number of carbonyl (C=O) groups is 1. The lowest BCUT2D eigenvalue weighted by Crippen LogP contribution is -2.42. The Morgan fingerprint density at radius 2 is 1.87 bits per heavy atom. The minimum absolute atomic E-state index is 0.0352. The highest BCUT2D eigenvalue weighted by atomic mass is 79.9. The van der Waals surface area contributed by atoms with Crippen LogP contribution in [0.2, 0.25) is 0 Å². The second-order valence-corrected chi connectivity index (χ2v) is 9.90. The predicted molar refractivity (Wildman–Crippen MR) is 116 cm³/mol. The first kappa shape index (κ1) is 20.8. The average Bonchev–Trinajstić information content (AvgIpc) is 3.26. The van der Waals surface area contributed by atoms with Crippen LogP contribution < -0.4 is 5.32 Å². The van der Waals surface area contributed by atoms with Gasteiger partial charge in [0.2, 0.25) is 15.9 Å². The molecule has 6 nitrogen and oxygen atoms in total. The molecule has 1 N–H and O–H groups in total. The van der Waals surface area contributed by atoms with Gasteiger partial charge in [0.1, 0.15) is 5.76 Å². The summed E-state index contributed by atoms with van der Waals surface area (Å²) < 4.78 is 34.3. The molecular formula is C22H21BrN2O4S. The van der Waals surface area contributed by atoms with E-state index in [-0.39, 0.29) is 23.8 Å². The molecule has 0 aliphatic carbocycles. The molecule has 2 heterocycles. The molecule has 8 heteroatoms. The summed E-state index contributed by atoms with van der Waals surface area (Å²) in [6.45, 7) is 0.588. The van der Waals surface area contributed by atoms with Crippen LogP contribution in [0.3, 0.4) is 0 Å². The number of fused-ring (bicyclic) bond motifs is 1. The van der Waals surface area contributed by atoms with Gasteiger partial charge < -0.3 is 9.73 Å². The van der Waals surface area contributed by atoms with Gasteiger partial charge in [-0.05, 0) is 53.9 Å². The largest absolute Gasteiger partial charge is 0.467 e. The molecule has 1 aliphatic heterocycles. The Balaban J connectivity index is 1.62. The second-order valence-electron chi connectivity index (χ2n) is 7.09. The molecule has 156 valence electrons. The highest BCUT2D eigenvalue weighted by Crippen LogP contribution is 2.36. The Hall–Kier alpha value is -2.42. The van der Waals surface area contributed by atoms with Crippen molar-refractivity contribution < 1.29 is 17.6 Å². The smallest absolute Gasteiger partial charge is 0.243 e. The number of hydrogen-bond donors (Lipinski definition) is 1. The number of nitrogens with zero attached hydrogens (tertiary/aromatic N) is 1. The number of carbonyl (C=O) groups excluding carboxylic acids is 1. The zero-order valence-electron chi connectivity index (χ0n) is 16.1. The standard InChI is InChI=1S/C22H21BrN2O4S/c23-17-7-9-19(10-8-17)30(27,28)25-12-11-16-4-1-2-6-20(16)21(25)14-22(26)24-15-18-5-3-13-29-18/h1-10,13,21H,11-12,14-15H2,(H,24,26)/t21-/m0/s1. The molecule has 0 radical (unpaired) electrons. The van der Waals surface area contributed by atoms with Gasteiger partial charge in [-0.3, -0.25) is 4.79 Å². The van der Waals surface area contributed by atoms with Gasteiger partial charge in [0.05, 0.1) is 23.7 Å². The van der Waals surface area contributed by atoms with Crippen molar-refractivity contribution in [1.29, 1.82) is 0 Å². The van der Waals surface area contributed by atoms with Crippen LogP contribution in [0.15, 0.2) is 80.7 Å². The van der Waals surface area contributed by atoms with Gasteiger partial charge >= 0.3 is 0 Å². The molecule has 4 rings (SSSR count). The summed E-state index contributed by atoms with van der Waals surface area (Å²) in [5, 5.41) is 2.82. The lowest BCUT2D eigenvalue weighted by atomic mass is 9.92. The van der Waals surface area contributed by atoms with Crippen LogP contribution in [-0.4, -0.2) is 25.2 Å². The number of amides is 1. The topological polar surface area (TPSA) is 79.6 Å². The zero-order chi connectivity index (χ0) is 21.1. The SMILES string of the molecule is O=C(C[C@H]1c2ccccc2CCN1S(=O)(=O)c1ccc(Br)cc1)NCc1ccco1. The molecule has 1 aliphatic rings. The van der Waals surface area contributed by atoms with E-state index in [1.165, 1.54) is 4.31 Å². The maximum Gasteiger partial charge on any atom is 0.243 e. The van der Waals surface area contributed by atoms with Crippen LogP contribution in [0.25, 0.3) is 0 Å². The van der Waals surface area contributed by atoms with Crippen LogP contribution in [0.5, 0.6) is 0 Å². The molecule has 1 amide bonds. The number of sulfonamides is 1. The van der Waals surface area contributed by atoms with Gasteiger partial charge in [-0.1, -0.05) is 40.2 Å². The molecule has 0 unspecified atom stereocenters. The summed E-state index contributed by atoms with van der Waals surface area (Å²) in [6, 6.07) is 17.2. The highest BCUT2D eigenvalue weighted by molar-refractivity contribution is 9.10. The third kappa shape index (κ3) is 4.35. The maximum absolute atomic E-state index is 13.4. The van der Waals surface area contributed by atoms with Crippen LogP contribution in [0, 0.1) is 0 Å². The van der Waals surface area contributed by atoms with Gasteiger partial charge in [0.15, 0.2) is 0 Å². The molecule has 0 bridgehead atoms. The molecule has 0 saturated carbocycles. The van der Waals surface area contributed by atoms with Crippen molar-refractivity contribution in [3.05, 3.63) is 88.3 Å². The zero-order valence-corrected chi connectivity index (χ0v) is 18.5. The number of hydrogen-bond acceptors (Lipinski definition) is 4. The highest BCUT2D eigenvalue weighted by Gasteiger charge is 2.37. The van der Waals surface area contributed by atoms with Gasteiger partial charge in [0.25, 0.3) is 0 Å². The average molecular weight is 489 g/mol. The minimum atomic E-state index is -3.76. The number of nitrogens with one attached hydrogen (secondary N) is 1. The summed E-state index contributed by atoms with van der Waals surface area (Å²) in [4.78, 5) is 12.9. The molecule has 0 spiro atoms. The van der Waals surface area contributed by atoms with E-state index in [4.69, 9.17) is 4.42 Å². The Morgan fingerprint density at radius 1 is 1.10 bits per heavy atom. The summed E-state index contributed by atoms with van der Waals surface area (Å²) >= 11 is 3.34. The minimum Gasteiger partial charge on any atom is -0.467 e. The molecule has 2 aromatic carbocycles. The number of furan rings is 1. The van der Waals surface area contributed by atoms with Gasteiger partial charge in [-0.2, -0.15) is 4.31 Å². The van der Waals surface area contributed by atoms with E-state index in [2.05, 4.69) is 21.2 Å². The Morgan fingerprint density at radius 3 is 2.60 bits per heavy atom. The van der Waals surface area contributed by atoms with Crippen LogP contribution in [-0.2, 0) is 27.8 Å². The summed E-state index contributed by atoms with van der Waals surface area (Å²) in [6.07, 6.45) is 2.19. The monoisotopic (exact) mass is 488 g/mol. The van der Waals surface area contributed by atoms with Gasteiger partial charge in [0, 0.05) is 17.4 Å². The Kier molecular flexibility index (Phi) is 6.08. The van der Waals surface area contributed by atoms with Gasteiger partial charge in [-0.25, -0.2) is 8.42 Å².